The Labute approximate surface area is 160 Å². The zero-order valence-corrected chi connectivity index (χ0v) is 16.8. The minimum atomic E-state index is -0.346. The molecule has 1 aliphatic heterocycles. The topological polar surface area (TPSA) is 70.2 Å². The summed E-state index contributed by atoms with van der Waals surface area (Å²) in [5.41, 5.74) is 0.764. The first-order valence-corrected chi connectivity index (χ1v) is 10.1. The van der Waals surface area contributed by atoms with Gasteiger partial charge in [-0.05, 0) is 43.4 Å². The van der Waals surface area contributed by atoms with Crippen LogP contribution in [0.1, 0.15) is 52.9 Å². The van der Waals surface area contributed by atoms with Gasteiger partial charge >= 0.3 is 0 Å². The standard InChI is InChI=1S/C19H31ClN4O2/c1-19(2,3)13-4-6-14(7-5-13)21-12-26-15-8-9-24(11-15)16-10-22-23-18(25)17(16)20/h10,13-15,21H,4-9,11-12H2,1-3H3,(H,23,25)/t13?,14?,15-/m1/s1. The van der Waals surface area contributed by atoms with Gasteiger partial charge in [0.1, 0.15) is 5.02 Å². The molecule has 0 radical (unpaired) electrons. The molecule has 26 heavy (non-hydrogen) atoms. The molecule has 1 aromatic rings. The normalized spacial score (nSPS) is 27.1. The molecule has 0 amide bonds. The van der Waals surface area contributed by atoms with Gasteiger partial charge in [0.25, 0.3) is 5.56 Å². The number of nitrogens with zero attached hydrogens (tertiary/aromatic N) is 2. The molecule has 0 spiro atoms. The Morgan fingerprint density at radius 1 is 1.31 bits per heavy atom. The summed E-state index contributed by atoms with van der Waals surface area (Å²) in [7, 11) is 0. The van der Waals surface area contributed by atoms with E-state index in [2.05, 4.69) is 41.2 Å². The summed E-state index contributed by atoms with van der Waals surface area (Å²) >= 11 is 6.09. The van der Waals surface area contributed by atoms with Gasteiger partial charge in [0.2, 0.25) is 0 Å². The Kier molecular flexibility index (Phi) is 6.25. The molecule has 7 heteroatoms. The van der Waals surface area contributed by atoms with Gasteiger partial charge in [0, 0.05) is 19.1 Å². The number of H-pyrrole nitrogens is 1. The number of rotatable bonds is 5. The van der Waals surface area contributed by atoms with Crippen LogP contribution in [0.3, 0.4) is 0 Å². The molecule has 2 fully saturated rings. The molecule has 0 unspecified atom stereocenters. The summed E-state index contributed by atoms with van der Waals surface area (Å²) in [5.74, 6) is 0.831. The van der Waals surface area contributed by atoms with E-state index >= 15 is 0 Å². The molecule has 2 aliphatic rings. The fourth-order valence-electron chi connectivity index (χ4n) is 4.13. The summed E-state index contributed by atoms with van der Waals surface area (Å²) in [5, 5.41) is 9.96. The van der Waals surface area contributed by atoms with Crippen LogP contribution >= 0.6 is 11.6 Å². The van der Waals surface area contributed by atoms with Crippen LogP contribution in [0.25, 0.3) is 0 Å². The van der Waals surface area contributed by atoms with Crippen molar-refractivity contribution in [2.75, 3.05) is 24.7 Å². The summed E-state index contributed by atoms with van der Waals surface area (Å²) in [4.78, 5) is 13.7. The van der Waals surface area contributed by atoms with E-state index < -0.39 is 0 Å². The van der Waals surface area contributed by atoms with E-state index in [-0.39, 0.29) is 16.7 Å². The average Bonchev–Trinajstić information content (AvgIpc) is 3.06. The number of hydrogen-bond acceptors (Lipinski definition) is 5. The second-order valence-corrected chi connectivity index (χ2v) is 9.06. The third-order valence-electron chi connectivity index (χ3n) is 5.91. The number of nitrogens with one attached hydrogen (secondary N) is 2. The highest BCUT2D eigenvalue weighted by molar-refractivity contribution is 6.33. The molecule has 0 bridgehead atoms. The Hall–Kier alpha value is -1.11. The average molecular weight is 383 g/mol. The molecule has 1 saturated heterocycles. The lowest BCUT2D eigenvalue weighted by molar-refractivity contribution is 0.0416. The molecule has 2 heterocycles. The smallest absolute Gasteiger partial charge is 0.285 e. The van der Waals surface area contributed by atoms with Crippen molar-refractivity contribution in [1.29, 1.82) is 0 Å². The third kappa shape index (κ3) is 4.78. The summed E-state index contributed by atoms with van der Waals surface area (Å²) in [6.07, 6.45) is 7.76. The van der Waals surface area contributed by atoms with Gasteiger partial charge in [-0.2, -0.15) is 5.10 Å². The van der Waals surface area contributed by atoms with Gasteiger partial charge in [-0.3, -0.25) is 10.1 Å². The van der Waals surface area contributed by atoms with Crippen LogP contribution in [0.2, 0.25) is 5.02 Å². The fraction of sp³-hybridized carbons (Fsp3) is 0.789. The largest absolute Gasteiger partial charge is 0.366 e. The molecular formula is C19H31ClN4O2. The van der Waals surface area contributed by atoms with Gasteiger partial charge in [-0.15, -0.1) is 0 Å². The second kappa shape index (κ2) is 8.28. The van der Waals surface area contributed by atoms with Crippen LogP contribution in [0, 0.1) is 11.3 Å². The van der Waals surface area contributed by atoms with Crippen molar-refractivity contribution < 1.29 is 4.74 Å². The van der Waals surface area contributed by atoms with E-state index in [1.807, 2.05) is 0 Å². The van der Waals surface area contributed by atoms with Crippen LogP contribution in [0.4, 0.5) is 5.69 Å². The molecule has 1 atom stereocenters. The maximum atomic E-state index is 11.6. The van der Waals surface area contributed by atoms with Crippen LogP contribution in [0.5, 0.6) is 0 Å². The van der Waals surface area contributed by atoms with E-state index in [1.165, 1.54) is 25.7 Å². The lowest BCUT2D eigenvalue weighted by Crippen LogP contribution is -2.38. The Balaban J connectivity index is 1.39. The van der Waals surface area contributed by atoms with Gasteiger partial charge in [0.05, 0.1) is 24.7 Å². The van der Waals surface area contributed by atoms with E-state index in [0.29, 0.717) is 23.9 Å². The predicted molar refractivity (Wildman–Crippen MR) is 105 cm³/mol. The van der Waals surface area contributed by atoms with E-state index in [1.54, 1.807) is 6.20 Å². The molecule has 1 aromatic heterocycles. The number of aromatic amines is 1. The molecule has 0 aromatic carbocycles. The zero-order chi connectivity index (χ0) is 18.7. The summed E-state index contributed by atoms with van der Waals surface area (Å²) < 4.78 is 6.02. The minimum Gasteiger partial charge on any atom is -0.366 e. The fourth-order valence-corrected chi connectivity index (χ4v) is 4.34. The first-order valence-electron chi connectivity index (χ1n) is 9.67. The second-order valence-electron chi connectivity index (χ2n) is 8.68. The Bertz CT molecular complexity index is 650. The summed E-state index contributed by atoms with van der Waals surface area (Å²) in [6, 6.07) is 0.567. The summed E-state index contributed by atoms with van der Waals surface area (Å²) in [6.45, 7) is 9.20. The first-order chi connectivity index (χ1) is 12.3. The maximum absolute atomic E-state index is 11.6. The van der Waals surface area contributed by atoms with Crippen molar-refractivity contribution in [2.45, 2.75) is 65.0 Å². The zero-order valence-electron chi connectivity index (χ0n) is 16.1. The Morgan fingerprint density at radius 3 is 2.73 bits per heavy atom. The van der Waals surface area contributed by atoms with Crippen LogP contribution in [0.15, 0.2) is 11.0 Å². The molecule has 146 valence electrons. The Morgan fingerprint density at radius 2 is 2.04 bits per heavy atom. The quantitative estimate of drug-likeness (QED) is 0.765. The number of ether oxygens (including phenoxy) is 1. The monoisotopic (exact) mass is 382 g/mol. The highest BCUT2D eigenvalue weighted by Gasteiger charge is 2.30. The van der Waals surface area contributed by atoms with Gasteiger partial charge in [-0.1, -0.05) is 32.4 Å². The highest BCUT2D eigenvalue weighted by Crippen LogP contribution is 2.37. The van der Waals surface area contributed by atoms with Crippen molar-refractivity contribution >= 4 is 17.3 Å². The lowest BCUT2D eigenvalue weighted by Gasteiger charge is -2.37. The number of hydrogen-bond donors (Lipinski definition) is 2. The number of anilines is 1. The molecule has 1 aliphatic carbocycles. The molecule has 3 rings (SSSR count). The van der Waals surface area contributed by atoms with E-state index in [9.17, 15) is 4.79 Å². The van der Waals surface area contributed by atoms with Crippen LogP contribution < -0.4 is 15.8 Å². The molecule has 2 N–H and O–H groups in total. The molecule has 1 saturated carbocycles. The molecule has 6 nitrogen and oxygen atoms in total. The molecular weight excluding hydrogens is 352 g/mol. The van der Waals surface area contributed by atoms with Gasteiger partial charge in [-0.25, -0.2) is 5.10 Å². The van der Waals surface area contributed by atoms with E-state index in [4.69, 9.17) is 16.3 Å². The maximum Gasteiger partial charge on any atom is 0.285 e. The van der Waals surface area contributed by atoms with Crippen LogP contribution in [-0.2, 0) is 4.74 Å². The third-order valence-corrected chi connectivity index (χ3v) is 6.27. The predicted octanol–water partition coefficient (Wildman–Crippen LogP) is 3.17. The van der Waals surface area contributed by atoms with Gasteiger partial charge < -0.3 is 9.64 Å². The van der Waals surface area contributed by atoms with Crippen molar-refractivity contribution in [2.24, 2.45) is 11.3 Å². The van der Waals surface area contributed by atoms with Crippen molar-refractivity contribution in [1.82, 2.24) is 15.5 Å². The highest BCUT2D eigenvalue weighted by atomic mass is 35.5. The SMILES string of the molecule is CC(C)(C)C1CCC(NCO[C@@H]2CCN(c3cn[nH]c(=O)c3Cl)C2)CC1. The lowest BCUT2D eigenvalue weighted by atomic mass is 9.71. The van der Waals surface area contributed by atoms with Gasteiger partial charge in [0.15, 0.2) is 0 Å². The van der Waals surface area contributed by atoms with Crippen molar-refractivity contribution in [3.8, 4) is 0 Å². The number of halogens is 1. The van der Waals surface area contributed by atoms with E-state index in [0.717, 1.165) is 25.4 Å². The van der Waals surface area contributed by atoms with Crippen molar-refractivity contribution in [3.05, 3.63) is 21.6 Å². The first kappa shape index (κ1) is 19.6. The van der Waals surface area contributed by atoms with Crippen molar-refractivity contribution in [3.63, 3.8) is 0 Å². The minimum absolute atomic E-state index is 0.156. The van der Waals surface area contributed by atoms with Crippen LogP contribution in [-0.4, -0.2) is 42.2 Å². The number of aromatic nitrogens is 2.